The average Bonchev–Trinajstić information content (AvgIpc) is 2.78. The van der Waals surface area contributed by atoms with Crippen molar-refractivity contribution in [3.8, 4) is 0 Å². The third kappa shape index (κ3) is 5.70. The number of ether oxygens (including phenoxy) is 1. The van der Waals surface area contributed by atoms with Gasteiger partial charge < -0.3 is 10.1 Å². The summed E-state index contributed by atoms with van der Waals surface area (Å²) in [4.78, 5) is 25.0. The standard InChI is InChI=1S/C24H22Cl2N2O5S/c1-15-7-9-20(10-8-15)34(31,32)28(19-12-17(25)11-18(26)13-19)14-23(29)27-22-6-4-5-21(16(22)2)24(30)33-3/h4-13H,14H2,1-3H3,(H,27,29). The molecule has 0 unspecified atom stereocenters. The Morgan fingerprint density at radius 3 is 2.18 bits per heavy atom. The van der Waals surface area contributed by atoms with Crippen molar-refractivity contribution < 1.29 is 22.7 Å². The summed E-state index contributed by atoms with van der Waals surface area (Å²) in [6.07, 6.45) is 0. The van der Waals surface area contributed by atoms with Crippen molar-refractivity contribution in [3.63, 3.8) is 0 Å². The molecule has 0 atom stereocenters. The van der Waals surface area contributed by atoms with Gasteiger partial charge in [0.25, 0.3) is 10.0 Å². The molecule has 0 heterocycles. The van der Waals surface area contributed by atoms with Crippen molar-refractivity contribution in [2.75, 3.05) is 23.3 Å². The molecule has 0 aliphatic rings. The summed E-state index contributed by atoms with van der Waals surface area (Å²) in [6, 6.07) is 15.3. The van der Waals surface area contributed by atoms with E-state index < -0.39 is 28.4 Å². The predicted molar refractivity (Wildman–Crippen MR) is 133 cm³/mol. The van der Waals surface area contributed by atoms with E-state index in [2.05, 4.69) is 5.32 Å². The van der Waals surface area contributed by atoms with Gasteiger partial charge in [-0.2, -0.15) is 0 Å². The normalized spacial score (nSPS) is 11.1. The smallest absolute Gasteiger partial charge is 0.338 e. The molecule has 0 bridgehead atoms. The van der Waals surface area contributed by atoms with Crippen LogP contribution in [0.15, 0.2) is 65.6 Å². The van der Waals surface area contributed by atoms with Crippen LogP contribution < -0.4 is 9.62 Å². The highest BCUT2D eigenvalue weighted by Gasteiger charge is 2.28. The van der Waals surface area contributed by atoms with E-state index in [0.717, 1.165) is 9.87 Å². The third-order valence-electron chi connectivity index (χ3n) is 5.04. The molecule has 0 spiro atoms. The minimum Gasteiger partial charge on any atom is -0.465 e. The molecule has 1 N–H and O–H groups in total. The number of hydrogen-bond donors (Lipinski definition) is 1. The Labute approximate surface area is 208 Å². The Morgan fingerprint density at radius 1 is 0.971 bits per heavy atom. The molecule has 0 saturated carbocycles. The number of halogens is 2. The van der Waals surface area contributed by atoms with Crippen LogP contribution in [0.4, 0.5) is 11.4 Å². The van der Waals surface area contributed by atoms with Crippen molar-refractivity contribution in [2.45, 2.75) is 18.7 Å². The molecular weight excluding hydrogens is 499 g/mol. The van der Waals surface area contributed by atoms with E-state index in [9.17, 15) is 18.0 Å². The fourth-order valence-corrected chi connectivity index (χ4v) is 5.18. The first-order valence-corrected chi connectivity index (χ1v) is 12.3. The summed E-state index contributed by atoms with van der Waals surface area (Å²) < 4.78 is 32.7. The van der Waals surface area contributed by atoms with Crippen LogP contribution in [0.5, 0.6) is 0 Å². The van der Waals surface area contributed by atoms with Crippen molar-refractivity contribution in [1.29, 1.82) is 0 Å². The van der Waals surface area contributed by atoms with Crippen LogP contribution in [0, 0.1) is 13.8 Å². The van der Waals surface area contributed by atoms with Gasteiger partial charge in [0.15, 0.2) is 0 Å². The largest absolute Gasteiger partial charge is 0.465 e. The first-order chi connectivity index (χ1) is 16.0. The average molecular weight is 521 g/mol. The number of nitrogens with one attached hydrogen (secondary N) is 1. The van der Waals surface area contributed by atoms with Crippen molar-refractivity contribution in [1.82, 2.24) is 0 Å². The van der Waals surface area contributed by atoms with Gasteiger partial charge >= 0.3 is 5.97 Å². The number of carbonyl (C=O) groups excluding carboxylic acids is 2. The fraction of sp³-hybridized carbons (Fsp3) is 0.167. The quantitative estimate of drug-likeness (QED) is 0.430. The lowest BCUT2D eigenvalue weighted by molar-refractivity contribution is -0.114. The third-order valence-corrected chi connectivity index (χ3v) is 7.27. The molecule has 1 amide bonds. The molecule has 3 aromatic carbocycles. The summed E-state index contributed by atoms with van der Waals surface area (Å²) in [6.45, 7) is 2.93. The molecule has 10 heteroatoms. The number of anilines is 2. The number of nitrogens with zero attached hydrogens (tertiary/aromatic N) is 1. The number of rotatable bonds is 7. The number of esters is 1. The van der Waals surface area contributed by atoms with Crippen LogP contribution in [0.1, 0.15) is 21.5 Å². The van der Waals surface area contributed by atoms with Gasteiger partial charge in [0.05, 0.1) is 23.3 Å². The van der Waals surface area contributed by atoms with Gasteiger partial charge in [-0.25, -0.2) is 13.2 Å². The fourth-order valence-electron chi connectivity index (χ4n) is 3.26. The highest BCUT2D eigenvalue weighted by Crippen LogP contribution is 2.30. The summed E-state index contributed by atoms with van der Waals surface area (Å²) in [5.41, 5.74) is 2.14. The topological polar surface area (TPSA) is 92.8 Å². The van der Waals surface area contributed by atoms with Gasteiger partial charge in [-0.3, -0.25) is 9.10 Å². The Hall–Kier alpha value is -3.07. The van der Waals surface area contributed by atoms with Crippen LogP contribution in [0.2, 0.25) is 10.0 Å². The predicted octanol–water partition coefficient (Wildman–Crippen LogP) is 5.23. The summed E-state index contributed by atoms with van der Waals surface area (Å²) in [5, 5.41) is 3.11. The molecule has 0 fully saturated rings. The highest BCUT2D eigenvalue weighted by atomic mass is 35.5. The van der Waals surface area contributed by atoms with Gasteiger partial charge in [-0.15, -0.1) is 0 Å². The summed E-state index contributed by atoms with van der Waals surface area (Å²) in [7, 11) is -2.89. The monoisotopic (exact) mass is 520 g/mol. The lowest BCUT2D eigenvalue weighted by Gasteiger charge is -2.25. The second kappa shape index (κ2) is 10.5. The van der Waals surface area contributed by atoms with Crippen LogP contribution in [-0.4, -0.2) is 33.9 Å². The van der Waals surface area contributed by atoms with Crippen molar-refractivity contribution in [3.05, 3.63) is 87.4 Å². The zero-order valence-electron chi connectivity index (χ0n) is 18.6. The molecule has 34 heavy (non-hydrogen) atoms. The maximum Gasteiger partial charge on any atom is 0.338 e. The number of amides is 1. The van der Waals surface area contributed by atoms with Gasteiger partial charge in [0.2, 0.25) is 5.91 Å². The summed E-state index contributed by atoms with van der Waals surface area (Å²) >= 11 is 12.2. The minimum absolute atomic E-state index is 0.00543. The van der Waals surface area contributed by atoms with Crippen LogP contribution >= 0.6 is 23.2 Å². The lowest BCUT2D eigenvalue weighted by atomic mass is 10.1. The number of methoxy groups -OCH3 is 1. The molecule has 0 aromatic heterocycles. The van der Waals surface area contributed by atoms with Gasteiger partial charge in [0.1, 0.15) is 6.54 Å². The summed E-state index contributed by atoms with van der Waals surface area (Å²) in [5.74, 6) is -1.18. The first kappa shape index (κ1) is 25.6. The molecule has 0 aliphatic heterocycles. The number of aryl methyl sites for hydroxylation is 1. The molecule has 0 radical (unpaired) electrons. The van der Waals surface area contributed by atoms with E-state index in [4.69, 9.17) is 27.9 Å². The molecule has 0 aliphatic carbocycles. The Kier molecular flexibility index (Phi) is 7.86. The highest BCUT2D eigenvalue weighted by molar-refractivity contribution is 7.92. The van der Waals surface area contributed by atoms with Crippen molar-refractivity contribution in [2.24, 2.45) is 0 Å². The maximum absolute atomic E-state index is 13.5. The van der Waals surface area contributed by atoms with E-state index in [0.29, 0.717) is 11.3 Å². The van der Waals surface area contributed by atoms with E-state index in [1.54, 1.807) is 37.3 Å². The second-order valence-corrected chi connectivity index (χ2v) is 10.2. The molecule has 3 rings (SSSR count). The van der Waals surface area contributed by atoms with Crippen LogP contribution in [-0.2, 0) is 19.6 Å². The number of carbonyl (C=O) groups is 2. The zero-order valence-corrected chi connectivity index (χ0v) is 21.0. The molecule has 7 nitrogen and oxygen atoms in total. The Bertz CT molecular complexity index is 1320. The number of hydrogen-bond acceptors (Lipinski definition) is 5. The molecule has 0 saturated heterocycles. The van der Waals surface area contributed by atoms with Crippen LogP contribution in [0.3, 0.4) is 0 Å². The van der Waals surface area contributed by atoms with Gasteiger partial charge in [-0.1, -0.05) is 47.0 Å². The number of benzene rings is 3. The van der Waals surface area contributed by atoms with Crippen molar-refractivity contribution >= 4 is 56.5 Å². The SMILES string of the molecule is COC(=O)c1cccc(NC(=O)CN(c2cc(Cl)cc(Cl)c2)S(=O)(=O)c2ccc(C)cc2)c1C. The van der Waals surface area contributed by atoms with E-state index in [1.807, 2.05) is 6.92 Å². The number of sulfonamides is 1. The van der Waals surface area contributed by atoms with Crippen LogP contribution in [0.25, 0.3) is 0 Å². The second-order valence-electron chi connectivity index (χ2n) is 7.47. The Balaban J connectivity index is 1.99. The Morgan fingerprint density at radius 2 is 1.59 bits per heavy atom. The maximum atomic E-state index is 13.5. The molecular formula is C24H22Cl2N2O5S. The van der Waals surface area contributed by atoms with E-state index in [-0.39, 0.29) is 26.2 Å². The van der Waals surface area contributed by atoms with Gasteiger partial charge in [-0.05, 0) is 61.9 Å². The lowest BCUT2D eigenvalue weighted by Crippen LogP contribution is -2.38. The molecule has 178 valence electrons. The van der Waals surface area contributed by atoms with E-state index >= 15 is 0 Å². The molecule has 3 aromatic rings. The first-order valence-electron chi connectivity index (χ1n) is 10.1. The zero-order chi connectivity index (χ0) is 25.0. The minimum atomic E-state index is -4.15. The van der Waals surface area contributed by atoms with Gasteiger partial charge in [0, 0.05) is 15.7 Å². The van der Waals surface area contributed by atoms with E-state index in [1.165, 1.54) is 37.4 Å².